The molecular formula is C15H10FNO2. The third kappa shape index (κ3) is 2.61. The van der Waals surface area contributed by atoms with Gasteiger partial charge in [-0.25, -0.2) is 4.39 Å². The SMILES string of the molecule is Cc1ccc(C#N)cc1Oc1cccc(F)c1C=O. The maximum atomic E-state index is 13.4. The fourth-order valence-electron chi connectivity index (χ4n) is 1.62. The topological polar surface area (TPSA) is 50.1 Å². The minimum atomic E-state index is -0.637. The van der Waals surface area contributed by atoms with Gasteiger partial charge in [0.2, 0.25) is 0 Å². The summed E-state index contributed by atoms with van der Waals surface area (Å²) in [5.74, 6) is -0.0810. The molecule has 0 bridgehead atoms. The molecule has 0 unspecified atom stereocenters. The third-order valence-electron chi connectivity index (χ3n) is 2.67. The zero-order valence-corrected chi connectivity index (χ0v) is 10.2. The average molecular weight is 255 g/mol. The lowest BCUT2D eigenvalue weighted by molar-refractivity contribution is 0.111. The summed E-state index contributed by atoms with van der Waals surface area (Å²) in [5, 5.41) is 8.84. The molecule has 0 fully saturated rings. The Morgan fingerprint density at radius 1 is 1.26 bits per heavy atom. The molecule has 2 aromatic rings. The molecule has 0 aliphatic rings. The largest absolute Gasteiger partial charge is 0.456 e. The maximum Gasteiger partial charge on any atom is 0.156 e. The highest BCUT2D eigenvalue weighted by Gasteiger charge is 2.11. The number of aldehydes is 1. The van der Waals surface area contributed by atoms with Crippen LogP contribution in [0.5, 0.6) is 11.5 Å². The Morgan fingerprint density at radius 3 is 2.74 bits per heavy atom. The number of halogens is 1. The van der Waals surface area contributed by atoms with E-state index in [1.807, 2.05) is 6.07 Å². The Kier molecular flexibility index (Phi) is 3.58. The summed E-state index contributed by atoms with van der Waals surface area (Å²) in [6.07, 6.45) is 0.411. The molecule has 0 radical (unpaired) electrons. The second-order valence-electron chi connectivity index (χ2n) is 3.96. The van der Waals surface area contributed by atoms with Gasteiger partial charge in [0.05, 0.1) is 17.2 Å². The van der Waals surface area contributed by atoms with E-state index in [9.17, 15) is 9.18 Å². The molecule has 2 rings (SSSR count). The first-order valence-electron chi connectivity index (χ1n) is 5.58. The zero-order valence-electron chi connectivity index (χ0n) is 10.2. The lowest BCUT2D eigenvalue weighted by atomic mass is 10.1. The van der Waals surface area contributed by atoms with E-state index in [0.29, 0.717) is 17.6 Å². The normalized spacial score (nSPS) is 9.74. The van der Waals surface area contributed by atoms with Crippen molar-refractivity contribution in [2.75, 3.05) is 0 Å². The highest BCUT2D eigenvalue weighted by molar-refractivity contribution is 5.79. The molecular weight excluding hydrogens is 245 g/mol. The van der Waals surface area contributed by atoms with E-state index in [2.05, 4.69) is 0 Å². The number of aryl methyl sites for hydroxylation is 1. The van der Waals surface area contributed by atoms with Gasteiger partial charge in [0.15, 0.2) is 6.29 Å². The van der Waals surface area contributed by atoms with Crippen LogP contribution in [0, 0.1) is 24.1 Å². The molecule has 0 aliphatic heterocycles. The standard InChI is InChI=1S/C15H10FNO2/c1-10-5-6-11(8-17)7-15(10)19-14-4-2-3-13(16)12(14)9-18/h2-7,9H,1H3. The summed E-state index contributed by atoms with van der Waals surface area (Å²) < 4.78 is 19.0. The molecule has 19 heavy (non-hydrogen) atoms. The molecule has 2 aromatic carbocycles. The number of ether oxygens (including phenoxy) is 1. The van der Waals surface area contributed by atoms with E-state index in [0.717, 1.165) is 5.56 Å². The molecule has 0 heterocycles. The van der Waals surface area contributed by atoms with Crippen LogP contribution in [-0.4, -0.2) is 6.29 Å². The molecule has 0 amide bonds. The van der Waals surface area contributed by atoms with E-state index in [4.69, 9.17) is 10.00 Å². The summed E-state index contributed by atoms with van der Waals surface area (Å²) in [7, 11) is 0. The van der Waals surface area contributed by atoms with Crippen LogP contribution >= 0.6 is 0 Å². The fraction of sp³-hybridized carbons (Fsp3) is 0.0667. The summed E-state index contributed by atoms with van der Waals surface area (Å²) in [6, 6.07) is 11.1. The van der Waals surface area contributed by atoms with Crippen LogP contribution in [0.4, 0.5) is 4.39 Å². The highest BCUT2D eigenvalue weighted by Crippen LogP contribution is 2.29. The van der Waals surface area contributed by atoms with Crippen molar-refractivity contribution in [3.05, 3.63) is 58.9 Å². The van der Waals surface area contributed by atoms with Crippen LogP contribution < -0.4 is 4.74 Å². The molecule has 94 valence electrons. The second-order valence-corrected chi connectivity index (χ2v) is 3.96. The van der Waals surface area contributed by atoms with E-state index in [1.165, 1.54) is 18.2 Å². The number of rotatable bonds is 3. The molecule has 0 spiro atoms. The van der Waals surface area contributed by atoms with Gasteiger partial charge in [0.1, 0.15) is 17.3 Å². The Hall–Kier alpha value is -2.67. The summed E-state index contributed by atoms with van der Waals surface area (Å²) >= 11 is 0. The van der Waals surface area contributed by atoms with E-state index >= 15 is 0 Å². The van der Waals surface area contributed by atoms with Crippen molar-refractivity contribution in [3.63, 3.8) is 0 Å². The van der Waals surface area contributed by atoms with Gasteiger partial charge in [0, 0.05) is 0 Å². The fourth-order valence-corrected chi connectivity index (χ4v) is 1.62. The predicted molar refractivity (Wildman–Crippen MR) is 67.8 cm³/mol. The van der Waals surface area contributed by atoms with E-state index in [-0.39, 0.29) is 11.3 Å². The monoisotopic (exact) mass is 255 g/mol. The minimum absolute atomic E-state index is 0.133. The number of hydrogen-bond acceptors (Lipinski definition) is 3. The number of nitriles is 1. The maximum absolute atomic E-state index is 13.4. The van der Waals surface area contributed by atoms with Gasteiger partial charge in [-0.05, 0) is 36.8 Å². The second kappa shape index (κ2) is 5.32. The van der Waals surface area contributed by atoms with Crippen LogP contribution in [0.1, 0.15) is 21.5 Å². The highest BCUT2D eigenvalue weighted by atomic mass is 19.1. The summed E-state index contributed by atoms with van der Waals surface area (Å²) in [4.78, 5) is 10.9. The van der Waals surface area contributed by atoms with Crippen molar-refractivity contribution in [1.29, 1.82) is 5.26 Å². The molecule has 4 heteroatoms. The lowest BCUT2D eigenvalue weighted by Crippen LogP contribution is -1.95. The number of benzene rings is 2. The first-order chi connectivity index (χ1) is 9.15. The molecule has 0 saturated carbocycles. The van der Waals surface area contributed by atoms with E-state index < -0.39 is 5.82 Å². The van der Waals surface area contributed by atoms with Gasteiger partial charge < -0.3 is 4.74 Å². The van der Waals surface area contributed by atoms with Crippen molar-refractivity contribution in [1.82, 2.24) is 0 Å². The zero-order chi connectivity index (χ0) is 13.8. The lowest BCUT2D eigenvalue weighted by Gasteiger charge is -2.11. The van der Waals surface area contributed by atoms with Crippen molar-refractivity contribution in [2.45, 2.75) is 6.92 Å². The number of carbonyl (C=O) groups excluding carboxylic acids is 1. The Morgan fingerprint density at radius 2 is 2.05 bits per heavy atom. The van der Waals surface area contributed by atoms with E-state index in [1.54, 1.807) is 25.1 Å². The van der Waals surface area contributed by atoms with Gasteiger partial charge in [-0.2, -0.15) is 5.26 Å². The van der Waals surface area contributed by atoms with Crippen molar-refractivity contribution in [3.8, 4) is 17.6 Å². The first kappa shape index (κ1) is 12.8. The first-order valence-corrected chi connectivity index (χ1v) is 5.58. The summed E-state index contributed by atoms with van der Waals surface area (Å²) in [6.45, 7) is 1.80. The summed E-state index contributed by atoms with van der Waals surface area (Å²) in [5.41, 5.74) is 1.09. The quantitative estimate of drug-likeness (QED) is 0.787. The minimum Gasteiger partial charge on any atom is -0.456 e. The number of hydrogen-bond donors (Lipinski definition) is 0. The van der Waals surface area contributed by atoms with Crippen LogP contribution in [0.25, 0.3) is 0 Å². The average Bonchev–Trinajstić information content (AvgIpc) is 2.41. The smallest absolute Gasteiger partial charge is 0.156 e. The van der Waals surface area contributed by atoms with Crippen LogP contribution in [0.2, 0.25) is 0 Å². The molecule has 0 saturated heterocycles. The van der Waals surface area contributed by atoms with Crippen LogP contribution in [0.3, 0.4) is 0 Å². The molecule has 0 aromatic heterocycles. The van der Waals surface area contributed by atoms with Gasteiger partial charge in [0.25, 0.3) is 0 Å². The Balaban J connectivity index is 2.45. The van der Waals surface area contributed by atoms with Crippen molar-refractivity contribution < 1.29 is 13.9 Å². The van der Waals surface area contributed by atoms with Gasteiger partial charge >= 0.3 is 0 Å². The molecule has 3 nitrogen and oxygen atoms in total. The van der Waals surface area contributed by atoms with Gasteiger partial charge in [-0.1, -0.05) is 12.1 Å². The number of carbonyl (C=O) groups is 1. The molecule has 0 aliphatic carbocycles. The van der Waals surface area contributed by atoms with Gasteiger partial charge in [-0.3, -0.25) is 4.79 Å². The molecule has 0 N–H and O–H groups in total. The third-order valence-corrected chi connectivity index (χ3v) is 2.67. The number of nitrogens with zero attached hydrogens (tertiary/aromatic N) is 1. The van der Waals surface area contributed by atoms with Gasteiger partial charge in [-0.15, -0.1) is 0 Å². The predicted octanol–water partition coefficient (Wildman–Crippen LogP) is 3.61. The Bertz CT molecular complexity index is 674. The molecule has 0 atom stereocenters. The van der Waals surface area contributed by atoms with Crippen molar-refractivity contribution in [2.24, 2.45) is 0 Å². The van der Waals surface area contributed by atoms with Crippen molar-refractivity contribution >= 4 is 6.29 Å². The van der Waals surface area contributed by atoms with Crippen LogP contribution in [-0.2, 0) is 0 Å². The Labute approximate surface area is 109 Å². The van der Waals surface area contributed by atoms with Crippen LogP contribution in [0.15, 0.2) is 36.4 Å².